The molecule has 2 amide bonds. The van der Waals surface area contributed by atoms with Gasteiger partial charge >= 0.3 is 11.8 Å². The topological polar surface area (TPSA) is 78.4 Å². The van der Waals surface area contributed by atoms with Gasteiger partial charge in [-0.25, -0.2) is 4.39 Å². The van der Waals surface area contributed by atoms with E-state index in [1.54, 1.807) is 0 Å². The van der Waals surface area contributed by atoms with E-state index in [2.05, 4.69) is 10.6 Å². The molecule has 0 aromatic heterocycles. The van der Waals surface area contributed by atoms with E-state index in [1.807, 2.05) is 6.92 Å². The number of anilines is 1. The first kappa shape index (κ1) is 18.4. The minimum absolute atomic E-state index is 0.0334. The van der Waals surface area contributed by atoms with Crippen molar-refractivity contribution in [1.29, 1.82) is 0 Å². The van der Waals surface area contributed by atoms with Crippen LogP contribution >= 0.6 is 11.6 Å². The normalized spacial score (nSPS) is 11.8. The molecule has 1 aromatic rings. The smallest absolute Gasteiger partial charge is 0.313 e. The van der Waals surface area contributed by atoms with Crippen LogP contribution in [0.1, 0.15) is 26.2 Å². The average molecular weight is 331 g/mol. The first-order valence-corrected chi connectivity index (χ1v) is 7.50. The van der Waals surface area contributed by atoms with E-state index >= 15 is 0 Å². The second-order valence-corrected chi connectivity index (χ2v) is 5.36. The summed E-state index contributed by atoms with van der Waals surface area (Å²) in [5, 5.41) is 13.9. The van der Waals surface area contributed by atoms with E-state index in [9.17, 15) is 14.0 Å². The Balaban J connectivity index is 2.54. The lowest BCUT2D eigenvalue weighted by Gasteiger charge is -2.15. The third-order valence-corrected chi connectivity index (χ3v) is 3.50. The lowest BCUT2D eigenvalue weighted by atomic mass is 10.0. The summed E-state index contributed by atoms with van der Waals surface area (Å²) in [6, 6.07) is 3.49. The second kappa shape index (κ2) is 9.38. The van der Waals surface area contributed by atoms with Crippen LogP contribution in [0.5, 0.6) is 0 Å². The minimum atomic E-state index is -0.910. The van der Waals surface area contributed by atoms with Crippen molar-refractivity contribution in [1.82, 2.24) is 5.32 Å². The highest BCUT2D eigenvalue weighted by molar-refractivity contribution is 6.41. The van der Waals surface area contributed by atoms with Crippen molar-refractivity contribution in [2.45, 2.75) is 26.2 Å². The SMILES string of the molecule is CCCC(CCO)CNC(=O)C(=O)Nc1cc(F)ccc1Cl. The molecule has 22 heavy (non-hydrogen) atoms. The second-order valence-electron chi connectivity index (χ2n) is 4.96. The fourth-order valence-corrected chi connectivity index (χ4v) is 2.19. The number of benzene rings is 1. The van der Waals surface area contributed by atoms with Gasteiger partial charge in [-0.2, -0.15) is 0 Å². The molecule has 0 aliphatic heterocycles. The van der Waals surface area contributed by atoms with Gasteiger partial charge in [-0.3, -0.25) is 9.59 Å². The highest BCUT2D eigenvalue weighted by Crippen LogP contribution is 2.22. The first-order chi connectivity index (χ1) is 10.5. The van der Waals surface area contributed by atoms with E-state index in [0.29, 0.717) is 13.0 Å². The number of rotatable bonds is 7. The van der Waals surface area contributed by atoms with Crippen LogP contribution in [0.3, 0.4) is 0 Å². The summed E-state index contributed by atoms with van der Waals surface area (Å²) in [5.74, 6) is -2.18. The Hall–Kier alpha value is -1.66. The van der Waals surface area contributed by atoms with Gasteiger partial charge in [0.1, 0.15) is 5.82 Å². The highest BCUT2D eigenvalue weighted by atomic mass is 35.5. The summed E-state index contributed by atoms with van der Waals surface area (Å²) in [7, 11) is 0. The molecule has 0 spiro atoms. The number of nitrogens with one attached hydrogen (secondary N) is 2. The van der Waals surface area contributed by atoms with Gasteiger partial charge < -0.3 is 15.7 Å². The van der Waals surface area contributed by atoms with Crippen molar-refractivity contribution in [3.05, 3.63) is 29.0 Å². The van der Waals surface area contributed by atoms with Gasteiger partial charge in [-0.1, -0.05) is 24.9 Å². The molecule has 1 rings (SSSR count). The quantitative estimate of drug-likeness (QED) is 0.671. The molecular weight excluding hydrogens is 311 g/mol. The predicted octanol–water partition coefficient (Wildman–Crippen LogP) is 2.33. The molecule has 0 fully saturated rings. The van der Waals surface area contributed by atoms with Crippen molar-refractivity contribution in [2.75, 3.05) is 18.5 Å². The molecule has 0 saturated heterocycles. The van der Waals surface area contributed by atoms with Crippen LogP contribution in [0, 0.1) is 11.7 Å². The Morgan fingerprint density at radius 3 is 2.68 bits per heavy atom. The molecule has 1 atom stereocenters. The predicted molar refractivity (Wildman–Crippen MR) is 83.2 cm³/mol. The number of hydrogen-bond acceptors (Lipinski definition) is 3. The number of amides is 2. The fraction of sp³-hybridized carbons (Fsp3) is 0.467. The molecule has 122 valence electrons. The molecule has 3 N–H and O–H groups in total. The van der Waals surface area contributed by atoms with Crippen molar-refractivity contribution >= 4 is 29.1 Å². The highest BCUT2D eigenvalue weighted by Gasteiger charge is 2.17. The molecule has 0 aliphatic rings. The van der Waals surface area contributed by atoms with E-state index in [0.717, 1.165) is 25.0 Å². The molecule has 0 saturated carbocycles. The summed E-state index contributed by atoms with van der Waals surface area (Å²) >= 11 is 5.81. The van der Waals surface area contributed by atoms with Gasteiger partial charge in [0, 0.05) is 13.2 Å². The zero-order valence-corrected chi connectivity index (χ0v) is 13.1. The largest absolute Gasteiger partial charge is 0.396 e. The van der Waals surface area contributed by atoms with E-state index < -0.39 is 17.6 Å². The van der Waals surface area contributed by atoms with Crippen LogP contribution in [0.2, 0.25) is 5.02 Å². The maximum Gasteiger partial charge on any atom is 0.313 e. The van der Waals surface area contributed by atoms with Crippen LogP contribution in [-0.4, -0.2) is 30.1 Å². The Morgan fingerprint density at radius 1 is 1.32 bits per heavy atom. The molecule has 0 radical (unpaired) electrons. The van der Waals surface area contributed by atoms with Crippen LogP contribution in [0.25, 0.3) is 0 Å². The number of aliphatic hydroxyl groups excluding tert-OH is 1. The Kier molecular flexibility index (Phi) is 7.84. The van der Waals surface area contributed by atoms with Gasteiger partial charge in [0.15, 0.2) is 0 Å². The Bertz CT molecular complexity index is 520. The van der Waals surface area contributed by atoms with Gasteiger partial charge in [0.2, 0.25) is 0 Å². The molecule has 1 aromatic carbocycles. The molecule has 0 bridgehead atoms. The maximum absolute atomic E-state index is 13.1. The minimum Gasteiger partial charge on any atom is -0.396 e. The van der Waals surface area contributed by atoms with Crippen molar-refractivity contribution in [3.63, 3.8) is 0 Å². The van der Waals surface area contributed by atoms with E-state index in [4.69, 9.17) is 16.7 Å². The molecule has 1 unspecified atom stereocenters. The Labute approximate surface area is 133 Å². The van der Waals surface area contributed by atoms with Crippen molar-refractivity contribution < 1.29 is 19.1 Å². The molecular formula is C15H20ClFN2O3. The number of carbonyl (C=O) groups is 2. The molecule has 5 nitrogen and oxygen atoms in total. The average Bonchev–Trinajstić information content (AvgIpc) is 2.48. The van der Waals surface area contributed by atoms with E-state index in [-0.39, 0.29) is 23.2 Å². The lowest BCUT2D eigenvalue weighted by Crippen LogP contribution is -2.38. The van der Waals surface area contributed by atoms with E-state index in [1.165, 1.54) is 6.07 Å². The standard InChI is InChI=1S/C15H20ClFN2O3/c1-2-3-10(6-7-20)9-18-14(21)15(22)19-13-8-11(17)4-5-12(13)16/h4-5,8,10,20H,2-3,6-7,9H2,1H3,(H,18,21)(H,19,22). The third kappa shape index (κ3) is 5.99. The monoisotopic (exact) mass is 330 g/mol. The van der Waals surface area contributed by atoms with Gasteiger partial charge in [-0.05, 0) is 37.0 Å². The molecule has 7 heteroatoms. The summed E-state index contributed by atoms with van der Waals surface area (Å²) < 4.78 is 13.1. The lowest BCUT2D eigenvalue weighted by molar-refractivity contribution is -0.136. The van der Waals surface area contributed by atoms with Crippen LogP contribution < -0.4 is 10.6 Å². The van der Waals surface area contributed by atoms with Crippen LogP contribution in [-0.2, 0) is 9.59 Å². The van der Waals surface area contributed by atoms with Crippen LogP contribution in [0.4, 0.5) is 10.1 Å². The third-order valence-electron chi connectivity index (χ3n) is 3.17. The maximum atomic E-state index is 13.1. The number of aliphatic hydroxyl groups is 1. The van der Waals surface area contributed by atoms with Crippen molar-refractivity contribution in [3.8, 4) is 0 Å². The zero-order valence-electron chi connectivity index (χ0n) is 12.4. The molecule has 0 aliphatic carbocycles. The first-order valence-electron chi connectivity index (χ1n) is 7.13. The van der Waals surface area contributed by atoms with Gasteiger partial charge in [0.25, 0.3) is 0 Å². The van der Waals surface area contributed by atoms with Gasteiger partial charge in [0.05, 0.1) is 10.7 Å². The summed E-state index contributed by atoms with van der Waals surface area (Å²) in [5.41, 5.74) is 0.0438. The van der Waals surface area contributed by atoms with Gasteiger partial charge in [-0.15, -0.1) is 0 Å². The number of hydrogen-bond donors (Lipinski definition) is 3. The summed E-state index contributed by atoms with van der Waals surface area (Å²) in [4.78, 5) is 23.5. The van der Waals surface area contributed by atoms with Crippen LogP contribution in [0.15, 0.2) is 18.2 Å². The number of halogens is 2. The zero-order chi connectivity index (χ0) is 16.5. The summed E-state index contributed by atoms with van der Waals surface area (Å²) in [6.07, 6.45) is 2.33. The van der Waals surface area contributed by atoms with Crippen molar-refractivity contribution in [2.24, 2.45) is 5.92 Å². The Morgan fingerprint density at radius 2 is 2.05 bits per heavy atom. The summed E-state index contributed by atoms with van der Waals surface area (Å²) in [6.45, 7) is 2.34. The molecule has 0 heterocycles. The fourth-order valence-electron chi connectivity index (χ4n) is 2.03. The number of carbonyl (C=O) groups excluding carboxylic acids is 2.